The van der Waals surface area contributed by atoms with E-state index in [-0.39, 0.29) is 28.4 Å². The summed E-state index contributed by atoms with van der Waals surface area (Å²) in [6.07, 6.45) is 8.21. The molecule has 4 aromatic carbocycles. The number of rotatable bonds is 1. The Morgan fingerprint density at radius 1 is 0.510 bits per heavy atom. The molecule has 0 amide bonds. The molecule has 2 heteroatoms. The molecule has 9 rings (SSSR count). The standard InChI is InChI=1S/C47H56BN/c1-42(2,3)29-15-16-33-37(26-29)48-38-27-35-36(47(21-22-47)20-19-46(35)17-18-46)28-40(38)49(39-14-12-13-34(41(39)48)45(33,10)11)32-24-30(43(4,5)6)23-31(25-32)44(7,8)9/h12-16,23-28H,17-22H2,1-11H3. The Morgan fingerprint density at radius 2 is 1.06 bits per heavy atom. The third-order valence-corrected chi connectivity index (χ3v) is 13.7. The van der Waals surface area contributed by atoms with E-state index in [4.69, 9.17) is 0 Å². The number of hydrogen-bond donors (Lipinski definition) is 0. The maximum absolute atomic E-state index is 2.78. The van der Waals surface area contributed by atoms with Gasteiger partial charge < -0.3 is 4.90 Å². The van der Waals surface area contributed by atoms with Gasteiger partial charge in [-0.1, -0.05) is 124 Å². The van der Waals surface area contributed by atoms with Gasteiger partial charge in [-0.3, -0.25) is 0 Å². The molecule has 0 bridgehead atoms. The summed E-state index contributed by atoms with van der Waals surface area (Å²) in [5.41, 5.74) is 20.3. The van der Waals surface area contributed by atoms with Crippen molar-refractivity contribution in [3.63, 3.8) is 0 Å². The van der Waals surface area contributed by atoms with Crippen LogP contribution in [0.2, 0.25) is 0 Å². The lowest BCUT2D eigenvalue weighted by atomic mass is 9.29. The van der Waals surface area contributed by atoms with Gasteiger partial charge >= 0.3 is 0 Å². The molecule has 252 valence electrons. The monoisotopic (exact) mass is 645 g/mol. The van der Waals surface area contributed by atoms with E-state index in [1.165, 1.54) is 99.8 Å². The third-order valence-electron chi connectivity index (χ3n) is 13.7. The first kappa shape index (κ1) is 31.7. The van der Waals surface area contributed by atoms with Gasteiger partial charge in [0.15, 0.2) is 0 Å². The minimum absolute atomic E-state index is 0.0455. The Kier molecular flexibility index (Phi) is 6.17. The Morgan fingerprint density at radius 3 is 1.61 bits per heavy atom. The van der Waals surface area contributed by atoms with E-state index in [0.717, 1.165) is 0 Å². The minimum Gasteiger partial charge on any atom is -0.311 e. The lowest BCUT2D eigenvalue weighted by Gasteiger charge is -2.47. The molecular weight excluding hydrogens is 589 g/mol. The van der Waals surface area contributed by atoms with Crippen molar-refractivity contribution in [1.29, 1.82) is 0 Å². The molecule has 4 aromatic rings. The maximum Gasteiger partial charge on any atom is 0.247 e. The summed E-state index contributed by atoms with van der Waals surface area (Å²) in [5.74, 6) is 0. The van der Waals surface area contributed by atoms with Crippen molar-refractivity contribution < 1.29 is 0 Å². The van der Waals surface area contributed by atoms with Gasteiger partial charge in [0.2, 0.25) is 6.71 Å². The average molecular weight is 646 g/mol. The third kappa shape index (κ3) is 4.50. The van der Waals surface area contributed by atoms with Crippen LogP contribution in [0.3, 0.4) is 0 Å². The predicted molar refractivity (Wildman–Crippen MR) is 212 cm³/mol. The van der Waals surface area contributed by atoms with E-state index in [1.807, 2.05) is 0 Å². The highest BCUT2D eigenvalue weighted by Crippen LogP contribution is 2.66. The molecule has 1 nitrogen and oxygen atoms in total. The van der Waals surface area contributed by atoms with Crippen molar-refractivity contribution in [1.82, 2.24) is 0 Å². The molecule has 2 saturated carbocycles. The lowest BCUT2D eigenvalue weighted by Crippen LogP contribution is -2.64. The SMILES string of the molecule is CC(C)(C)c1cc(N2c3cc4c(cc3B3c5cc(C(C)(C)C)ccc5C(C)(C)c5cccc2c53)C2(CC2)CCC42CC2)cc(C(C)(C)C)c1. The Labute approximate surface area is 297 Å². The zero-order chi connectivity index (χ0) is 34.7. The average Bonchev–Trinajstić information content (AvgIpc) is 3.96. The summed E-state index contributed by atoms with van der Waals surface area (Å²) in [4.78, 5) is 2.72. The van der Waals surface area contributed by atoms with E-state index in [9.17, 15) is 0 Å². The second kappa shape index (κ2) is 9.54. The van der Waals surface area contributed by atoms with Gasteiger partial charge in [-0.25, -0.2) is 0 Å². The van der Waals surface area contributed by atoms with Crippen LogP contribution >= 0.6 is 0 Å². The van der Waals surface area contributed by atoms with Gasteiger partial charge in [-0.05, 0) is 140 Å². The van der Waals surface area contributed by atoms with E-state index >= 15 is 0 Å². The van der Waals surface area contributed by atoms with Crippen LogP contribution < -0.4 is 21.3 Å². The van der Waals surface area contributed by atoms with Crippen LogP contribution in [0.25, 0.3) is 0 Å². The number of anilines is 3. The van der Waals surface area contributed by atoms with Gasteiger partial charge in [0.1, 0.15) is 0 Å². The lowest BCUT2D eigenvalue weighted by molar-refractivity contribution is 0.459. The molecule has 0 unspecified atom stereocenters. The fourth-order valence-electron chi connectivity index (χ4n) is 10.1. The zero-order valence-electron chi connectivity index (χ0n) is 32.1. The van der Waals surface area contributed by atoms with Crippen LogP contribution in [0, 0.1) is 0 Å². The van der Waals surface area contributed by atoms with E-state index in [0.29, 0.717) is 10.8 Å². The van der Waals surface area contributed by atoms with Crippen molar-refractivity contribution in [2.75, 3.05) is 4.90 Å². The van der Waals surface area contributed by atoms with Crippen LogP contribution in [-0.2, 0) is 32.5 Å². The Bertz CT molecular complexity index is 2030. The Balaban J connectivity index is 1.40. The molecule has 2 heterocycles. The molecule has 3 aliphatic carbocycles. The smallest absolute Gasteiger partial charge is 0.247 e. The van der Waals surface area contributed by atoms with Gasteiger partial charge in [0.25, 0.3) is 0 Å². The first-order valence-electron chi connectivity index (χ1n) is 19.3. The molecule has 0 atom stereocenters. The van der Waals surface area contributed by atoms with E-state index in [2.05, 4.69) is 148 Å². The van der Waals surface area contributed by atoms with Crippen LogP contribution in [0.5, 0.6) is 0 Å². The molecule has 0 saturated heterocycles. The van der Waals surface area contributed by atoms with Crippen LogP contribution in [0.1, 0.15) is 154 Å². The summed E-state index contributed by atoms with van der Waals surface area (Å²) >= 11 is 0. The largest absolute Gasteiger partial charge is 0.311 e. The highest BCUT2D eigenvalue weighted by Gasteiger charge is 2.58. The quantitative estimate of drug-likeness (QED) is 0.164. The first-order valence-corrected chi connectivity index (χ1v) is 19.3. The second-order valence-corrected chi connectivity index (χ2v) is 20.5. The maximum atomic E-state index is 2.78. The normalized spacial score (nSPS) is 20.5. The predicted octanol–water partition coefficient (Wildman–Crippen LogP) is 10.4. The van der Waals surface area contributed by atoms with E-state index in [1.54, 1.807) is 11.1 Å². The number of fused-ring (bicyclic) bond motifs is 7. The van der Waals surface area contributed by atoms with E-state index < -0.39 is 0 Å². The second-order valence-electron chi connectivity index (χ2n) is 20.5. The molecule has 0 radical (unpaired) electrons. The molecule has 0 aromatic heterocycles. The fraction of sp³-hybridized carbons (Fsp3) is 0.489. The van der Waals surface area contributed by atoms with Crippen LogP contribution in [0.15, 0.2) is 66.7 Å². The molecule has 5 aliphatic rings. The molecular formula is C47H56BN. The van der Waals surface area contributed by atoms with Gasteiger partial charge in [0, 0.05) is 22.5 Å². The molecule has 2 spiro atoms. The van der Waals surface area contributed by atoms with Crippen molar-refractivity contribution in [3.05, 3.63) is 106 Å². The summed E-state index contributed by atoms with van der Waals surface area (Å²) < 4.78 is 0. The summed E-state index contributed by atoms with van der Waals surface area (Å²) in [7, 11) is 0. The first-order chi connectivity index (χ1) is 22.8. The van der Waals surface area contributed by atoms with Gasteiger partial charge in [-0.2, -0.15) is 0 Å². The zero-order valence-corrected chi connectivity index (χ0v) is 32.1. The minimum atomic E-state index is -0.0927. The summed E-state index contributed by atoms with van der Waals surface area (Å²) in [6.45, 7) is 26.5. The Hall–Kier alpha value is -3.26. The topological polar surface area (TPSA) is 3.24 Å². The van der Waals surface area contributed by atoms with Crippen LogP contribution in [0.4, 0.5) is 17.1 Å². The highest BCUT2D eigenvalue weighted by molar-refractivity contribution is 6.99. The molecule has 2 fully saturated rings. The van der Waals surface area contributed by atoms with Crippen molar-refractivity contribution in [3.8, 4) is 0 Å². The molecule has 49 heavy (non-hydrogen) atoms. The van der Waals surface area contributed by atoms with Crippen molar-refractivity contribution >= 4 is 40.2 Å². The summed E-state index contributed by atoms with van der Waals surface area (Å²) in [6, 6.07) is 27.8. The van der Waals surface area contributed by atoms with Gasteiger partial charge in [0.05, 0.1) is 0 Å². The van der Waals surface area contributed by atoms with Crippen molar-refractivity contribution in [2.45, 2.75) is 147 Å². The molecule has 2 aliphatic heterocycles. The van der Waals surface area contributed by atoms with Crippen LogP contribution in [-0.4, -0.2) is 6.71 Å². The van der Waals surface area contributed by atoms with Gasteiger partial charge in [-0.15, -0.1) is 0 Å². The number of hydrogen-bond acceptors (Lipinski definition) is 1. The number of benzene rings is 4. The summed E-state index contributed by atoms with van der Waals surface area (Å²) in [5, 5.41) is 0. The fourth-order valence-corrected chi connectivity index (χ4v) is 10.1. The molecule has 0 N–H and O–H groups in total. The highest BCUT2D eigenvalue weighted by atomic mass is 15.2. The number of nitrogens with zero attached hydrogens (tertiary/aromatic N) is 1. The van der Waals surface area contributed by atoms with Crippen molar-refractivity contribution in [2.24, 2.45) is 0 Å².